The maximum atomic E-state index is 13.9. The predicted molar refractivity (Wildman–Crippen MR) is 168 cm³/mol. The van der Waals surface area contributed by atoms with Gasteiger partial charge in [-0.1, -0.05) is 68.8 Å². The Morgan fingerprint density at radius 1 is 1.07 bits per heavy atom. The average molecular weight is 615 g/mol. The minimum absolute atomic E-state index is 0.169. The van der Waals surface area contributed by atoms with Crippen molar-refractivity contribution in [1.82, 2.24) is 30.6 Å². The lowest BCUT2D eigenvalue weighted by Gasteiger charge is -2.46. The van der Waals surface area contributed by atoms with Crippen LogP contribution in [0.1, 0.15) is 71.8 Å². The number of ketones is 1. The second-order valence-electron chi connectivity index (χ2n) is 12.0. The number of carboxylic acids is 1. The maximum absolute atomic E-state index is 13.9. The Labute approximate surface area is 263 Å². The monoisotopic (exact) mass is 614 g/mol. The van der Waals surface area contributed by atoms with Crippen LogP contribution < -0.4 is 0 Å². The summed E-state index contributed by atoms with van der Waals surface area (Å²) in [5.41, 5.74) is 6.35. The second kappa shape index (κ2) is 14.2. The van der Waals surface area contributed by atoms with E-state index in [2.05, 4.69) is 63.7 Å². The molecule has 45 heavy (non-hydrogen) atoms. The number of nitrogens with zero attached hydrogens (tertiary/aromatic N) is 5. The van der Waals surface area contributed by atoms with Crippen LogP contribution in [0.25, 0.3) is 22.5 Å². The van der Waals surface area contributed by atoms with Gasteiger partial charge in [-0.25, -0.2) is 5.01 Å². The van der Waals surface area contributed by atoms with Crippen LogP contribution in [0, 0.1) is 5.92 Å². The summed E-state index contributed by atoms with van der Waals surface area (Å²) in [5.74, 6) is -4.36. The topological polar surface area (TPSA) is 142 Å². The van der Waals surface area contributed by atoms with E-state index < -0.39 is 35.8 Å². The number of rotatable bonds is 13. The van der Waals surface area contributed by atoms with E-state index in [0.717, 1.165) is 53.6 Å². The molecule has 4 unspecified atom stereocenters. The van der Waals surface area contributed by atoms with Crippen molar-refractivity contribution in [2.75, 3.05) is 6.54 Å². The van der Waals surface area contributed by atoms with Gasteiger partial charge in [0.05, 0.1) is 6.10 Å². The molecule has 11 heteroatoms. The van der Waals surface area contributed by atoms with E-state index in [9.17, 15) is 19.5 Å². The number of carbonyl (C=O) groups excluding carboxylic acids is 2. The molecule has 4 atom stereocenters. The first-order valence-electron chi connectivity index (χ1n) is 15.9. The van der Waals surface area contributed by atoms with Gasteiger partial charge in [-0.2, -0.15) is 5.21 Å². The summed E-state index contributed by atoms with van der Waals surface area (Å²) < 4.78 is 5.33. The molecule has 1 aromatic heterocycles. The number of H-pyrrole nitrogens is 1. The number of benzene rings is 2. The molecule has 238 valence electrons. The van der Waals surface area contributed by atoms with E-state index in [-0.39, 0.29) is 6.04 Å². The second-order valence-corrected chi connectivity index (χ2v) is 12.0. The van der Waals surface area contributed by atoms with Crippen molar-refractivity contribution < 1.29 is 24.2 Å². The third kappa shape index (κ3) is 6.83. The first-order chi connectivity index (χ1) is 21.7. The summed E-state index contributed by atoms with van der Waals surface area (Å²) in [7, 11) is 0. The number of allylic oxidation sites excluding steroid dienone is 1. The fourth-order valence-electron chi connectivity index (χ4n) is 6.28. The van der Waals surface area contributed by atoms with E-state index in [1.165, 1.54) is 5.57 Å². The average Bonchev–Trinajstić information content (AvgIpc) is 3.69. The normalized spacial score (nSPS) is 19.7. The van der Waals surface area contributed by atoms with E-state index in [1.54, 1.807) is 6.92 Å². The van der Waals surface area contributed by atoms with Gasteiger partial charge in [0.25, 0.3) is 0 Å². The van der Waals surface area contributed by atoms with Crippen LogP contribution in [0.4, 0.5) is 0 Å². The predicted octanol–water partition coefficient (Wildman–Crippen LogP) is 5.22. The largest absolute Gasteiger partial charge is 0.480 e. The van der Waals surface area contributed by atoms with Crippen molar-refractivity contribution in [1.29, 1.82) is 0 Å². The van der Waals surface area contributed by atoms with E-state index in [0.29, 0.717) is 31.6 Å². The van der Waals surface area contributed by atoms with Gasteiger partial charge in [0, 0.05) is 23.8 Å². The highest BCUT2D eigenvalue weighted by Gasteiger charge is 2.48. The quantitative estimate of drug-likeness (QED) is 0.195. The van der Waals surface area contributed by atoms with Crippen LogP contribution >= 0.6 is 0 Å². The Morgan fingerprint density at radius 2 is 1.80 bits per heavy atom. The molecule has 0 radical (unpaired) electrons. The van der Waals surface area contributed by atoms with Crippen LogP contribution in [-0.4, -0.2) is 78.2 Å². The van der Waals surface area contributed by atoms with Crippen molar-refractivity contribution in [2.24, 2.45) is 5.92 Å². The number of esters is 1. The minimum atomic E-state index is -1.85. The number of carbonyl (C=O) groups is 3. The van der Waals surface area contributed by atoms with Crippen molar-refractivity contribution >= 4 is 17.7 Å². The smallest absolute Gasteiger partial charge is 0.328 e. The van der Waals surface area contributed by atoms with E-state index in [1.807, 2.05) is 36.2 Å². The van der Waals surface area contributed by atoms with Crippen LogP contribution in [0.15, 0.2) is 59.8 Å². The minimum Gasteiger partial charge on any atom is -0.480 e. The van der Waals surface area contributed by atoms with Gasteiger partial charge >= 0.3 is 11.9 Å². The Balaban J connectivity index is 1.43. The number of aromatic amines is 1. The zero-order chi connectivity index (χ0) is 32.1. The maximum Gasteiger partial charge on any atom is 0.328 e. The molecule has 1 saturated heterocycles. The summed E-state index contributed by atoms with van der Waals surface area (Å²) in [4.78, 5) is 39.0. The van der Waals surface area contributed by atoms with Crippen LogP contribution in [0.5, 0.6) is 0 Å². The summed E-state index contributed by atoms with van der Waals surface area (Å²) in [6.07, 6.45) is 4.65. The number of hydrogen-bond acceptors (Lipinski definition) is 9. The highest BCUT2D eigenvalue weighted by molar-refractivity contribution is 6.16. The van der Waals surface area contributed by atoms with Gasteiger partial charge in [0.2, 0.25) is 11.7 Å². The molecule has 3 aromatic rings. The van der Waals surface area contributed by atoms with E-state index in [4.69, 9.17) is 4.74 Å². The third-order valence-corrected chi connectivity index (χ3v) is 8.93. The lowest BCUT2D eigenvalue weighted by molar-refractivity contribution is -0.168. The number of ether oxygens (including phenoxy) is 1. The lowest BCUT2D eigenvalue weighted by atomic mass is 9.91. The molecule has 0 saturated carbocycles. The molecule has 0 aliphatic carbocycles. The molecule has 2 aliphatic heterocycles. The molecular weight excluding hydrogens is 572 g/mol. The zero-order valence-corrected chi connectivity index (χ0v) is 26.4. The summed E-state index contributed by atoms with van der Waals surface area (Å²) in [6.45, 7) is 8.46. The van der Waals surface area contributed by atoms with Gasteiger partial charge in [-0.3, -0.25) is 19.4 Å². The standard InChI is InChI=1S/C34H42N6O5/c1-5-7-12-28-25(19-23-14-16-24(17-15-23)26-10-8-9-11-27(26)32-35-37-38-36-32)20-39-21(3)13-18-29(40(28)39)31(41)30(33(42)43)34(44)45-22(4)6-2/h8-11,14-17,21-22,29-30H,5-7,12-13,18-20H2,1-4H3,(H,42,43)(H,35,36,37,38). The number of hydrogen-bond donors (Lipinski definition) is 2. The Kier molecular flexibility index (Phi) is 10.1. The van der Waals surface area contributed by atoms with Gasteiger partial charge < -0.3 is 9.84 Å². The molecule has 0 spiro atoms. The van der Waals surface area contributed by atoms with Crippen LogP contribution in [0.3, 0.4) is 0 Å². The van der Waals surface area contributed by atoms with Crippen molar-refractivity contribution in [3.63, 3.8) is 0 Å². The fraction of sp³-hybridized carbons (Fsp3) is 0.471. The fourth-order valence-corrected chi connectivity index (χ4v) is 6.28. The number of carboxylic acid groups (broad SMARTS) is 1. The number of hydrazine groups is 1. The molecule has 0 bridgehead atoms. The van der Waals surface area contributed by atoms with Crippen molar-refractivity contribution in [3.05, 3.63) is 65.4 Å². The zero-order valence-electron chi connectivity index (χ0n) is 26.4. The molecule has 2 N–H and O–H groups in total. The SMILES string of the molecule is CCCCC1=C(Cc2ccc(-c3ccccc3-c3nn[nH]n3)cc2)CN2C(C)CCC(C(=O)C(C(=O)O)C(=O)OC(C)CC)N12. The number of aliphatic carboxylic acids is 1. The lowest BCUT2D eigenvalue weighted by Crippen LogP contribution is -2.58. The highest BCUT2D eigenvalue weighted by Crippen LogP contribution is 2.39. The van der Waals surface area contributed by atoms with Crippen LogP contribution in [0.2, 0.25) is 0 Å². The summed E-state index contributed by atoms with van der Waals surface area (Å²) >= 11 is 0. The summed E-state index contributed by atoms with van der Waals surface area (Å²) in [6, 6.07) is 15.8. The van der Waals surface area contributed by atoms with Gasteiger partial charge in [-0.05, 0) is 79.8 Å². The molecule has 2 aromatic carbocycles. The Hall–Kier alpha value is -4.38. The summed E-state index contributed by atoms with van der Waals surface area (Å²) in [5, 5.41) is 28.7. The molecule has 11 nitrogen and oxygen atoms in total. The Morgan fingerprint density at radius 3 is 2.44 bits per heavy atom. The molecular formula is C34H42N6O5. The molecule has 5 rings (SSSR count). The molecule has 1 fully saturated rings. The van der Waals surface area contributed by atoms with Crippen molar-refractivity contribution in [3.8, 4) is 22.5 Å². The number of fused-ring (bicyclic) bond motifs is 1. The van der Waals surface area contributed by atoms with Crippen LogP contribution in [-0.2, 0) is 25.5 Å². The number of tetrazole rings is 1. The Bertz CT molecular complexity index is 1540. The third-order valence-electron chi connectivity index (χ3n) is 8.93. The number of unbranched alkanes of at least 4 members (excludes halogenated alkanes) is 1. The highest BCUT2D eigenvalue weighted by atomic mass is 16.5. The van der Waals surface area contributed by atoms with Crippen molar-refractivity contribution in [2.45, 2.75) is 90.8 Å². The van der Waals surface area contributed by atoms with Gasteiger partial charge in [-0.15, -0.1) is 10.2 Å². The van der Waals surface area contributed by atoms with Gasteiger partial charge in [0.15, 0.2) is 5.78 Å². The molecule has 3 heterocycles. The first-order valence-corrected chi connectivity index (χ1v) is 15.9. The first kappa shape index (κ1) is 32.0. The molecule has 0 amide bonds. The van der Waals surface area contributed by atoms with E-state index >= 15 is 0 Å². The number of aromatic nitrogens is 4. The number of Topliss-reactive ketones (excluding diaryl/α,β-unsaturated/α-hetero) is 1. The number of nitrogens with one attached hydrogen (secondary N) is 1. The van der Waals surface area contributed by atoms with Gasteiger partial charge in [0.1, 0.15) is 6.04 Å². The molecule has 2 aliphatic rings.